The van der Waals surface area contributed by atoms with Crippen LogP contribution in [0.2, 0.25) is 0 Å². The molecule has 0 spiro atoms. The van der Waals surface area contributed by atoms with Crippen molar-refractivity contribution < 1.29 is 16.8 Å². The summed E-state index contributed by atoms with van der Waals surface area (Å²) in [5.41, 5.74) is 3.27. The molecule has 4 rings (SSSR count). The first kappa shape index (κ1) is 21.3. The van der Waals surface area contributed by atoms with Crippen LogP contribution < -0.4 is 4.72 Å². The molecule has 0 amide bonds. The van der Waals surface area contributed by atoms with E-state index in [1.807, 2.05) is 6.07 Å². The molecule has 6 nitrogen and oxygen atoms in total. The van der Waals surface area contributed by atoms with Gasteiger partial charge in [0.05, 0.1) is 15.5 Å². The van der Waals surface area contributed by atoms with Crippen molar-refractivity contribution in [1.82, 2.24) is 4.31 Å². The van der Waals surface area contributed by atoms with E-state index in [1.54, 1.807) is 31.2 Å². The van der Waals surface area contributed by atoms with Crippen LogP contribution in [0.5, 0.6) is 0 Å². The van der Waals surface area contributed by atoms with Crippen molar-refractivity contribution in [2.75, 3.05) is 17.8 Å². The molecular weight excluding hydrogens is 420 g/mol. The Morgan fingerprint density at radius 2 is 1.43 bits per heavy atom. The first-order valence-corrected chi connectivity index (χ1v) is 13.5. The van der Waals surface area contributed by atoms with Crippen molar-refractivity contribution >= 4 is 25.7 Å². The number of hydrogen-bond donors (Lipinski definition) is 1. The Bertz CT molecular complexity index is 1150. The second kappa shape index (κ2) is 8.32. The highest BCUT2D eigenvalue weighted by molar-refractivity contribution is 7.92. The summed E-state index contributed by atoms with van der Waals surface area (Å²) in [6, 6.07) is 9.93. The molecule has 1 N–H and O–H groups in total. The number of sulfonamides is 2. The van der Waals surface area contributed by atoms with Gasteiger partial charge in [0.1, 0.15) is 0 Å². The number of nitrogens with one attached hydrogen (secondary N) is 1. The highest BCUT2D eigenvalue weighted by Gasteiger charge is 2.27. The molecule has 162 valence electrons. The van der Waals surface area contributed by atoms with Gasteiger partial charge in [0.2, 0.25) is 10.0 Å². The lowest BCUT2D eigenvalue weighted by Gasteiger charge is -2.26. The lowest BCUT2D eigenvalue weighted by atomic mass is 9.92. The minimum atomic E-state index is -3.81. The smallest absolute Gasteiger partial charge is 0.261 e. The third kappa shape index (κ3) is 4.26. The molecule has 0 unspecified atom stereocenters. The van der Waals surface area contributed by atoms with E-state index in [4.69, 9.17) is 0 Å². The lowest BCUT2D eigenvalue weighted by molar-refractivity contribution is 0.346. The summed E-state index contributed by atoms with van der Waals surface area (Å²) in [5.74, 6) is 0. The van der Waals surface area contributed by atoms with Gasteiger partial charge in [-0.05, 0) is 86.4 Å². The molecule has 0 saturated carbocycles. The molecule has 0 bridgehead atoms. The summed E-state index contributed by atoms with van der Waals surface area (Å²) in [7, 11) is -7.45. The molecule has 1 aliphatic heterocycles. The molecule has 8 heteroatoms. The lowest BCUT2D eigenvalue weighted by Crippen LogP contribution is -2.35. The summed E-state index contributed by atoms with van der Waals surface area (Å²) in [4.78, 5) is 0.338. The average Bonchev–Trinajstić information content (AvgIpc) is 2.75. The first-order valence-electron chi connectivity index (χ1n) is 10.5. The van der Waals surface area contributed by atoms with Gasteiger partial charge >= 0.3 is 0 Å². The molecule has 1 heterocycles. The number of anilines is 1. The monoisotopic (exact) mass is 448 g/mol. The average molecular weight is 449 g/mol. The van der Waals surface area contributed by atoms with Gasteiger partial charge in [-0.3, -0.25) is 4.72 Å². The minimum Gasteiger partial charge on any atom is -0.279 e. The molecule has 2 aromatic rings. The standard InChI is InChI=1S/C22H28N2O4S2/c1-17-9-11-21(30(27,28)24-13-5-2-6-14-24)16-22(17)23-29(25,26)20-12-10-18-7-3-4-8-19(18)15-20/h9-12,15-16,23H,2-8,13-14H2,1H3. The maximum absolute atomic E-state index is 13.0. The predicted molar refractivity (Wildman–Crippen MR) is 118 cm³/mol. The van der Waals surface area contributed by atoms with E-state index in [0.717, 1.165) is 50.5 Å². The Balaban J connectivity index is 1.63. The highest BCUT2D eigenvalue weighted by atomic mass is 32.2. The van der Waals surface area contributed by atoms with E-state index >= 15 is 0 Å². The molecule has 1 fully saturated rings. The number of piperidine rings is 1. The maximum Gasteiger partial charge on any atom is 0.261 e. The van der Waals surface area contributed by atoms with Gasteiger partial charge < -0.3 is 0 Å². The van der Waals surface area contributed by atoms with E-state index in [2.05, 4.69) is 4.72 Å². The van der Waals surface area contributed by atoms with Gasteiger partial charge in [-0.2, -0.15) is 4.31 Å². The number of benzene rings is 2. The van der Waals surface area contributed by atoms with Crippen molar-refractivity contribution in [2.24, 2.45) is 0 Å². The van der Waals surface area contributed by atoms with Crippen LogP contribution in [0.15, 0.2) is 46.2 Å². The molecule has 0 aromatic heterocycles. The topological polar surface area (TPSA) is 83.6 Å². The summed E-state index contributed by atoms with van der Waals surface area (Å²) in [6.45, 7) is 2.78. The van der Waals surface area contributed by atoms with E-state index in [0.29, 0.717) is 24.3 Å². The van der Waals surface area contributed by atoms with E-state index < -0.39 is 20.0 Å². The van der Waals surface area contributed by atoms with Gasteiger partial charge in [0.15, 0.2) is 0 Å². The number of aryl methyl sites for hydroxylation is 3. The Labute approximate surface area is 179 Å². The molecular formula is C22H28N2O4S2. The summed E-state index contributed by atoms with van der Waals surface area (Å²) in [5, 5.41) is 0. The van der Waals surface area contributed by atoms with E-state index in [9.17, 15) is 16.8 Å². The van der Waals surface area contributed by atoms with Crippen LogP contribution in [0, 0.1) is 6.92 Å². The van der Waals surface area contributed by atoms with Crippen molar-refractivity contribution in [2.45, 2.75) is 61.7 Å². The number of fused-ring (bicyclic) bond motifs is 1. The van der Waals surface area contributed by atoms with Crippen LogP contribution >= 0.6 is 0 Å². The van der Waals surface area contributed by atoms with E-state index in [-0.39, 0.29) is 9.79 Å². The minimum absolute atomic E-state index is 0.123. The van der Waals surface area contributed by atoms with Gasteiger partial charge in [-0.25, -0.2) is 16.8 Å². The molecule has 2 aromatic carbocycles. The van der Waals surface area contributed by atoms with Gasteiger partial charge in [-0.15, -0.1) is 0 Å². The van der Waals surface area contributed by atoms with Gasteiger partial charge in [0.25, 0.3) is 10.0 Å². The number of hydrogen-bond acceptors (Lipinski definition) is 4. The zero-order valence-corrected chi connectivity index (χ0v) is 18.9. The van der Waals surface area contributed by atoms with Crippen molar-refractivity contribution in [3.05, 3.63) is 53.1 Å². The largest absolute Gasteiger partial charge is 0.279 e. The first-order chi connectivity index (χ1) is 14.3. The fourth-order valence-electron chi connectivity index (χ4n) is 4.21. The Morgan fingerprint density at radius 1 is 0.767 bits per heavy atom. The third-order valence-corrected chi connectivity index (χ3v) is 9.29. The molecule has 0 atom stereocenters. The van der Waals surface area contributed by atoms with Gasteiger partial charge in [-0.1, -0.05) is 18.6 Å². The highest BCUT2D eigenvalue weighted by Crippen LogP contribution is 2.28. The normalized spacial score (nSPS) is 18.0. The van der Waals surface area contributed by atoms with Crippen molar-refractivity contribution in [3.8, 4) is 0 Å². The zero-order chi connectivity index (χ0) is 21.4. The second-order valence-corrected chi connectivity index (χ2v) is 11.8. The van der Waals surface area contributed by atoms with Crippen LogP contribution in [-0.2, 0) is 32.9 Å². The van der Waals surface area contributed by atoms with Crippen molar-refractivity contribution in [1.29, 1.82) is 0 Å². The molecule has 2 aliphatic rings. The van der Waals surface area contributed by atoms with Crippen molar-refractivity contribution in [3.63, 3.8) is 0 Å². The molecule has 1 aliphatic carbocycles. The second-order valence-electron chi connectivity index (χ2n) is 8.18. The Kier molecular flexibility index (Phi) is 5.92. The number of rotatable bonds is 5. The molecule has 1 saturated heterocycles. The Hall–Kier alpha value is -1.90. The summed E-state index contributed by atoms with van der Waals surface area (Å²) in [6.07, 6.45) is 6.81. The zero-order valence-electron chi connectivity index (χ0n) is 17.2. The van der Waals surface area contributed by atoms with Crippen LogP contribution in [0.25, 0.3) is 0 Å². The van der Waals surface area contributed by atoms with Gasteiger partial charge in [0, 0.05) is 13.1 Å². The van der Waals surface area contributed by atoms with Crippen LogP contribution in [0.4, 0.5) is 5.69 Å². The molecule has 0 radical (unpaired) electrons. The predicted octanol–water partition coefficient (Wildman–Crippen LogP) is 3.85. The quantitative estimate of drug-likeness (QED) is 0.753. The third-order valence-electron chi connectivity index (χ3n) is 6.04. The number of nitrogens with zero attached hydrogens (tertiary/aromatic N) is 1. The fraction of sp³-hybridized carbons (Fsp3) is 0.455. The van der Waals surface area contributed by atoms with Crippen LogP contribution in [0.3, 0.4) is 0 Å². The fourth-order valence-corrected chi connectivity index (χ4v) is 6.92. The van der Waals surface area contributed by atoms with Crippen LogP contribution in [0.1, 0.15) is 48.8 Å². The Morgan fingerprint density at radius 3 is 2.17 bits per heavy atom. The maximum atomic E-state index is 13.0. The summed E-state index contributed by atoms with van der Waals surface area (Å²) < 4.78 is 56.2. The van der Waals surface area contributed by atoms with E-state index in [1.165, 1.54) is 15.9 Å². The summed E-state index contributed by atoms with van der Waals surface area (Å²) >= 11 is 0. The van der Waals surface area contributed by atoms with Crippen LogP contribution in [-0.4, -0.2) is 34.2 Å². The molecule has 30 heavy (non-hydrogen) atoms. The SMILES string of the molecule is Cc1ccc(S(=O)(=O)N2CCCCC2)cc1NS(=O)(=O)c1ccc2c(c1)CCCC2.